The Bertz CT molecular complexity index is 1730. The van der Waals surface area contributed by atoms with Crippen molar-refractivity contribution in [3.63, 3.8) is 0 Å². The summed E-state index contributed by atoms with van der Waals surface area (Å²) in [5.74, 6) is -1.34. The van der Waals surface area contributed by atoms with Gasteiger partial charge in [-0.1, -0.05) is 57.4 Å². The van der Waals surface area contributed by atoms with E-state index in [0.717, 1.165) is 28.2 Å². The second kappa shape index (κ2) is 14.3. The summed E-state index contributed by atoms with van der Waals surface area (Å²) < 4.78 is 40.9. The number of halogens is 3. The van der Waals surface area contributed by atoms with Crippen molar-refractivity contribution in [2.75, 3.05) is 13.2 Å². The summed E-state index contributed by atoms with van der Waals surface area (Å²) >= 11 is 3.44. The first-order valence-electron chi connectivity index (χ1n) is 14.0. The number of benzene rings is 4. The number of nitrogens with one attached hydrogen (secondary N) is 1. The third kappa shape index (κ3) is 7.49. The quantitative estimate of drug-likeness (QED) is 0.0709. The highest BCUT2D eigenvalue weighted by atomic mass is 79.9. The molecule has 1 heterocycles. The van der Waals surface area contributed by atoms with Crippen LogP contribution in [0.3, 0.4) is 0 Å². The van der Waals surface area contributed by atoms with Crippen LogP contribution < -0.4 is 10.1 Å². The van der Waals surface area contributed by atoms with Crippen LogP contribution in [-0.2, 0) is 22.5 Å². The Kier molecular flexibility index (Phi) is 10.1. The van der Waals surface area contributed by atoms with Gasteiger partial charge in [-0.05, 0) is 65.2 Å². The fourth-order valence-corrected chi connectivity index (χ4v) is 5.33. The lowest BCUT2D eigenvalue weighted by Crippen LogP contribution is -2.49. The summed E-state index contributed by atoms with van der Waals surface area (Å²) in [6.07, 6.45) is -0.493. The third-order valence-electron chi connectivity index (χ3n) is 7.16. The second-order valence-corrected chi connectivity index (χ2v) is 11.2. The fourth-order valence-electron chi connectivity index (χ4n) is 5.07. The second-order valence-electron chi connectivity index (χ2n) is 10.3. The van der Waals surface area contributed by atoms with Crippen LogP contribution in [0.1, 0.15) is 34.8 Å². The maximum Gasteiger partial charge on any atom is 0.252 e. The van der Waals surface area contributed by atoms with Crippen molar-refractivity contribution in [2.45, 2.75) is 31.0 Å². The molecular formula is C33H28BrF2N5O4. The van der Waals surface area contributed by atoms with E-state index in [0.29, 0.717) is 29.9 Å². The Labute approximate surface area is 266 Å². The summed E-state index contributed by atoms with van der Waals surface area (Å²) in [6.45, 7) is 0.181. The smallest absolute Gasteiger partial charge is 0.252 e. The molecule has 4 aromatic rings. The number of aliphatic imine (C=N–C) groups is 1. The number of nitrogens with zero attached hydrogens (tertiary/aromatic N) is 4. The van der Waals surface area contributed by atoms with Gasteiger partial charge in [0, 0.05) is 58.3 Å². The van der Waals surface area contributed by atoms with Gasteiger partial charge in [-0.2, -0.15) is 0 Å². The lowest BCUT2D eigenvalue weighted by Gasteiger charge is -2.31. The zero-order valence-electron chi connectivity index (χ0n) is 23.9. The predicted octanol–water partition coefficient (Wildman–Crippen LogP) is 7.25. The molecule has 2 atom stereocenters. The van der Waals surface area contributed by atoms with Crippen molar-refractivity contribution in [3.05, 3.63) is 140 Å². The van der Waals surface area contributed by atoms with E-state index in [9.17, 15) is 19.1 Å². The van der Waals surface area contributed by atoms with E-state index in [1.807, 2.05) is 24.3 Å². The molecule has 1 aliphatic heterocycles. The van der Waals surface area contributed by atoms with Gasteiger partial charge in [0.05, 0.1) is 6.61 Å². The number of amides is 1. The van der Waals surface area contributed by atoms with Crippen LogP contribution in [0.4, 0.5) is 14.5 Å². The van der Waals surface area contributed by atoms with E-state index < -0.39 is 29.2 Å². The number of ether oxygens (including phenoxy) is 2. The minimum atomic E-state index is -1.63. The number of hydrogen-bond acceptors (Lipinski definition) is 6. The Morgan fingerprint density at radius 3 is 2.44 bits per heavy atom. The summed E-state index contributed by atoms with van der Waals surface area (Å²) in [6, 6.07) is 24.1. The average Bonchev–Trinajstić information content (AvgIpc) is 3.41. The molecule has 1 aliphatic rings. The van der Waals surface area contributed by atoms with Crippen molar-refractivity contribution >= 4 is 33.4 Å². The van der Waals surface area contributed by atoms with E-state index in [1.54, 1.807) is 48.5 Å². The maximum atomic E-state index is 14.4. The number of aliphatic hydroxyl groups excluding tert-OH is 1. The minimum Gasteiger partial charge on any atom is -0.494 e. The van der Waals surface area contributed by atoms with Gasteiger partial charge in [-0.3, -0.25) is 4.79 Å². The molecule has 0 saturated carbocycles. The number of hydrogen-bond donors (Lipinski definition) is 2. The summed E-state index contributed by atoms with van der Waals surface area (Å²) in [4.78, 5) is 22.3. The highest BCUT2D eigenvalue weighted by molar-refractivity contribution is 9.10. The van der Waals surface area contributed by atoms with Crippen LogP contribution in [0.25, 0.3) is 10.4 Å². The molecule has 0 bridgehead atoms. The molecule has 0 spiro atoms. The summed E-state index contributed by atoms with van der Waals surface area (Å²) in [7, 11) is 0. The monoisotopic (exact) mass is 675 g/mol. The van der Waals surface area contributed by atoms with Crippen molar-refractivity contribution in [1.82, 2.24) is 5.32 Å². The fraction of sp³-hybridized carbons (Fsp3) is 0.212. The zero-order valence-corrected chi connectivity index (χ0v) is 25.5. The summed E-state index contributed by atoms with van der Waals surface area (Å²) in [5.41, 5.74) is 9.91. The average molecular weight is 677 g/mol. The van der Waals surface area contributed by atoms with Crippen LogP contribution in [0.5, 0.6) is 5.75 Å². The van der Waals surface area contributed by atoms with Crippen molar-refractivity contribution in [2.24, 2.45) is 10.1 Å². The molecule has 0 unspecified atom stereocenters. The standard InChI is InChI=1S/C33H28BrF2N5O4/c34-24-10-6-21(7-11-24)19-33(32(43)38-20-22-16-25(35)18-26(36)17-22)30(28-4-1-2-5-29(28)40-41-37)45-31(39-33)23-8-12-27(13-9-23)44-15-3-14-42/h1-2,4-13,16-18,30,42H,3,14-15,19-20H2,(H,38,43)/t30-,33-/m1/s1. The van der Waals surface area contributed by atoms with Gasteiger partial charge in [0.15, 0.2) is 11.6 Å². The Morgan fingerprint density at radius 1 is 1.04 bits per heavy atom. The van der Waals surface area contributed by atoms with E-state index in [4.69, 9.17) is 19.6 Å². The number of carbonyl (C=O) groups is 1. The molecule has 0 saturated heterocycles. The minimum absolute atomic E-state index is 0.0120. The number of azide groups is 1. The molecule has 45 heavy (non-hydrogen) atoms. The van der Waals surface area contributed by atoms with Crippen LogP contribution in [0.2, 0.25) is 0 Å². The molecule has 5 rings (SSSR count). The molecule has 2 N–H and O–H groups in total. The van der Waals surface area contributed by atoms with Crippen molar-refractivity contribution < 1.29 is 28.2 Å². The first-order chi connectivity index (χ1) is 21.8. The number of aliphatic hydroxyl groups is 1. The Morgan fingerprint density at radius 2 is 1.76 bits per heavy atom. The molecule has 230 valence electrons. The van der Waals surface area contributed by atoms with E-state index in [-0.39, 0.29) is 36.7 Å². The first kappa shape index (κ1) is 31.6. The SMILES string of the molecule is [N-]=[N+]=Nc1ccccc1[C@H]1OC(c2ccc(OCCCO)cc2)=N[C@@]1(Cc1ccc(Br)cc1)C(=O)NCc1cc(F)cc(F)c1. The highest BCUT2D eigenvalue weighted by Crippen LogP contribution is 2.45. The van der Waals surface area contributed by atoms with Crippen LogP contribution in [0.15, 0.2) is 106 Å². The van der Waals surface area contributed by atoms with Gasteiger partial charge in [0.25, 0.3) is 5.91 Å². The van der Waals surface area contributed by atoms with Gasteiger partial charge < -0.3 is 19.9 Å². The summed E-state index contributed by atoms with van der Waals surface area (Å²) in [5, 5.41) is 15.7. The van der Waals surface area contributed by atoms with Gasteiger partial charge in [-0.25, -0.2) is 13.8 Å². The van der Waals surface area contributed by atoms with Gasteiger partial charge >= 0.3 is 0 Å². The van der Waals surface area contributed by atoms with E-state index in [1.165, 1.54) is 0 Å². The van der Waals surface area contributed by atoms with E-state index in [2.05, 4.69) is 31.3 Å². The lowest BCUT2D eigenvalue weighted by molar-refractivity contribution is -0.129. The number of rotatable bonds is 12. The highest BCUT2D eigenvalue weighted by Gasteiger charge is 2.53. The van der Waals surface area contributed by atoms with Crippen LogP contribution in [-0.4, -0.2) is 35.7 Å². The molecule has 0 radical (unpaired) electrons. The Hall–Kier alpha value is -4.77. The predicted molar refractivity (Wildman–Crippen MR) is 168 cm³/mol. The van der Waals surface area contributed by atoms with Gasteiger partial charge in [-0.15, -0.1) is 0 Å². The molecule has 0 fully saturated rings. The molecule has 1 amide bonds. The first-order valence-corrected chi connectivity index (χ1v) is 14.8. The maximum absolute atomic E-state index is 14.4. The molecular weight excluding hydrogens is 648 g/mol. The zero-order chi connectivity index (χ0) is 31.8. The largest absolute Gasteiger partial charge is 0.494 e. The van der Waals surface area contributed by atoms with Crippen LogP contribution in [0, 0.1) is 11.6 Å². The normalized spacial score (nSPS) is 17.2. The number of carbonyl (C=O) groups excluding carboxylic acids is 1. The topological polar surface area (TPSA) is 129 Å². The molecule has 4 aromatic carbocycles. The molecule has 0 aromatic heterocycles. The third-order valence-corrected chi connectivity index (χ3v) is 7.69. The molecule has 0 aliphatic carbocycles. The van der Waals surface area contributed by atoms with Gasteiger partial charge in [0.2, 0.25) is 5.90 Å². The van der Waals surface area contributed by atoms with Crippen molar-refractivity contribution in [3.8, 4) is 5.75 Å². The lowest BCUT2D eigenvalue weighted by atomic mass is 9.81. The van der Waals surface area contributed by atoms with Gasteiger partial charge in [0.1, 0.15) is 17.4 Å². The van der Waals surface area contributed by atoms with Crippen molar-refractivity contribution in [1.29, 1.82) is 0 Å². The molecule has 12 heteroatoms. The Balaban J connectivity index is 1.60. The van der Waals surface area contributed by atoms with E-state index >= 15 is 0 Å². The van der Waals surface area contributed by atoms with Crippen LogP contribution >= 0.6 is 15.9 Å². The molecule has 9 nitrogen and oxygen atoms in total.